The molecule has 0 aliphatic carbocycles. The number of benzene rings is 1. The van der Waals surface area contributed by atoms with Crippen molar-refractivity contribution in [3.05, 3.63) is 29.8 Å². The van der Waals surface area contributed by atoms with Gasteiger partial charge in [0.05, 0.1) is 22.9 Å². The van der Waals surface area contributed by atoms with Gasteiger partial charge in [0, 0.05) is 25.2 Å². The van der Waals surface area contributed by atoms with E-state index in [0.29, 0.717) is 30.6 Å². The van der Waals surface area contributed by atoms with E-state index in [0.717, 1.165) is 6.42 Å². The Morgan fingerprint density at radius 1 is 1.08 bits per heavy atom. The highest BCUT2D eigenvalue weighted by molar-refractivity contribution is 7.92. The molecule has 2 aliphatic heterocycles. The van der Waals surface area contributed by atoms with Crippen LogP contribution in [0.1, 0.15) is 29.6 Å². The highest BCUT2D eigenvalue weighted by Gasteiger charge is 2.33. The summed E-state index contributed by atoms with van der Waals surface area (Å²) in [4.78, 5) is 14.0. The van der Waals surface area contributed by atoms with Crippen molar-refractivity contribution >= 4 is 31.5 Å². The first-order valence-corrected chi connectivity index (χ1v) is 11.7. The van der Waals surface area contributed by atoms with Crippen molar-refractivity contribution in [3.8, 4) is 0 Å². The zero-order chi connectivity index (χ0) is 18.2. The van der Waals surface area contributed by atoms with E-state index in [1.54, 1.807) is 31.3 Å². The van der Waals surface area contributed by atoms with Crippen LogP contribution in [0, 0.1) is 0 Å². The van der Waals surface area contributed by atoms with Crippen molar-refractivity contribution in [1.82, 2.24) is 4.90 Å². The Balaban J connectivity index is 1.75. The summed E-state index contributed by atoms with van der Waals surface area (Å²) < 4.78 is 48.8. The molecule has 2 heterocycles. The third kappa shape index (κ3) is 3.82. The fourth-order valence-corrected chi connectivity index (χ4v) is 6.71. The van der Waals surface area contributed by atoms with E-state index in [1.807, 2.05) is 0 Å². The van der Waals surface area contributed by atoms with Gasteiger partial charge in [-0.2, -0.15) is 0 Å². The second kappa shape index (κ2) is 6.60. The van der Waals surface area contributed by atoms with E-state index in [-0.39, 0.29) is 29.2 Å². The fourth-order valence-electron chi connectivity index (χ4n) is 3.30. The number of hydrogen-bond acceptors (Lipinski definition) is 5. The molecule has 0 N–H and O–H groups in total. The van der Waals surface area contributed by atoms with Crippen LogP contribution in [-0.4, -0.2) is 64.5 Å². The number of carbonyl (C=O) groups is 1. The Bertz CT molecular complexity index is 862. The largest absolute Gasteiger partial charge is 0.338 e. The monoisotopic (exact) mass is 386 g/mol. The average Bonchev–Trinajstić information content (AvgIpc) is 2.93. The topological polar surface area (TPSA) is 91.8 Å². The lowest BCUT2D eigenvalue weighted by atomic mass is 10.1. The van der Waals surface area contributed by atoms with Crippen LogP contribution in [0.5, 0.6) is 0 Å². The average molecular weight is 386 g/mol. The lowest BCUT2D eigenvalue weighted by molar-refractivity contribution is 0.0747. The maximum atomic E-state index is 12.6. The minimum atomic E-state index is -3.28. The van der Waals surface area contributed by atoms with Gasteiger partial charge in [0.25, 0.3) is 5.91 Å². The van der Waals surface area contributed by atoms with Crippen molar-refractivity contribution in [1.29, 1.82) is 0 Å². The summed E-state index contributed by atoms with van der Waals surface area (Å²) >= 11 is 0. The van der Waals surface area contributed by atoms with Crippen molar-refractivity contribution in [3.63, 3.8) is 0 Å². The number of nitrogens with zero attached hydrogens (tertiary/aromatic N) is 2. The molecule has 9 heteroatoms. The first kappa shape index (κ1) is 18.2. The van der Waals surface area contributed by atoms with Crippen molar-refractivity contribution in [2.45, 2.75) is 25.3 Å². The Hall–Kier alpha value is -1.61. The van der Waals surface area contributed by atoms with Crippen LogP contribution >= 0.6 is 0 Å². The number of anilines is 1. The van der Waals surface area contributed by atoms with E-state index in [1.165, 1.54) is 9.21 Å². The Labute approximate surface area is 148 Å². The summed E-state index contributed by atoms with van der Waals surface area (Å²) in [6, 6.07) is 6.16. The first-order chi connectivity index (χ1) is 11.7. The smallest absolute Gasteiger partial charge is 0.253 e. The number of hydrogen-bond donors (Lipinski definition) is 0. The van der Waals surface area contributed by atoms with Gasteiger partial charge in [-0.15, -0.1) is 0 Å². The molecule has 2 fully saturated rings. The van der Waals surface area contributed by atoms with Gasteiger partial charge >= 0.3 is 0 Å². The minimum Gasteiger partial charge on any atom is -0.338 e. The summed E-state index contributed by atoms with van der Waals surface area (Å²) in [5, 5.41) is 0. The van der Waals surface area contributed by atoms with E-state index >= 15 is 0 Å². The third-order valence-corrected chi connectivity index (χ3v) is 8.45. The molecule has 0 spiro atoms. The molecule has 7 nitrogen and oxygen atoms in total. The molecule has 0 saturated carbocycles. The molecule has 1 aromatic rings. The van der Waals surface area contributed by atoms with Gasteiger partial charge in [-0.25, -0.2) is 16.8 Å². The Morgan fingerprint density at radius 2 is 1.76 bits per heavy atom. The molecular weight excluding hydrogens is 364 g/mol. The summed E-state index contributed by atoms with van der Waals surface area (Å²) in [7, 11) is -4.73. The first-order valence-electron chi connectivity index (χ1n) is 8.28. The summed E-state index contributed by atoms with van der Waals surface area (Å²) in [5.74, 6) is 0.00242. The van der Waals surface area contributed by atoms with Gasteiger partial charge in [-0.1, -0.05) is 0 Å². The quantitative estimate of drug-likeness (QED) is 0.769. The van der Waals surface area contributed by atoms with Crippen molar-refractivity contribution in [2.24, 2.45) is 0 Å². The maximum absolute atomic E-state index is 12.6. The van der Waals surface area contributed by atoms with Gasteiger partial charge in [0.15, 0.2) is 9.84 Å². The molecule has 2 saturated heterocycles. The van der Waals surface area contributed by atoms with Crippen molar-refractivity contribution < 1.29 is 21.6 Å². The predicted molar refractivity (Wildman–Crippen MR) is 96.0 cm³/mol. The second-order valence-electron chi connectivity index (χ2n) is 6.62. The van der Waals surface area contributed by atoms with Gasteiger partial charge in [-0.3, -0.25) is 9.10 Å². The molecule has 1 amide bonds. The van der Waals surface area contributed by atoms with Crippen LogP contribution in [0.3, 0.4) is 0 Å². The molecular formula is C16H22N2O5S2. The van der Waals surface area contributed by atoms with Gasteiger partial charge < -0.3 is 4.90 Å². The van der Waals surface area contributed by atoms with Crippen LogP contribution in [0.15, 0.2) is 24.3 Å². The predicted octanol–water partition coefficient (Wildman–Crippen LogP) is 0.876. The van der Waals surface area contributed by atoms with E-state index in [2.05, 4.69) is 0 Å². The van der Waals surface area contributed by atoms with E-state index in [9.17, 15) is 21.6 Å². The van der Waals surface area contributed by atoms with Crippen LogP contribution in [0.2, 0.25) is 0 Å². The second-order valence-corrected chi connectivity index (χ2v) is 10.9. The minimum absolute atomic E-state index is 0.000650. The number of sulfone groups is 1. The molecule has 0 radical (unpaired) electrons. The molecule has 0 bridgehead atoms. The van der Waals surface area contributed by atoms with Crippen LogP contribution < -0.4 is 4.31 Å². The zero-order valence-electron chi connectivity index (χ0n) is 14.1. The van der Waals surface area contributed by atoms with Crippen LogP contribution in [0.25, 0.3) is 0 Å². The molecule has 138 valence electrons. The number of rotatable bonds is 3. The number of carbonyl (C=O) groups excluding carboxylic acids is 1. The lowest BCUT2D eigenvalue weighted by Gasteiger charge is -2.28. The highest BCUT2D eigenvalue weighted by Crippen LogP contribution is 2.25. The Morgan fingerprint density at radius 3 is 2.32 bits per heavy atom. The molecule has 0 aromatic heterocycles. The highest BCUT2D eigenvalue weighted by atomic mass is 32.2. The molecule has 2 aliphatic rings. The third-order valence-electron chi connectivity index (χ3n) is 4.83. The summed E-state index contributed by atoms with van der Waals surface area (Å²) in [6.45, 7) is 0.454. The SMILES string of the molecule is CN(C(=O)c1ccc(N2CCCCS2(=O)=O)cc1)C1CCS(=O)(=O)C1. The fraction of sp³-hybridized carbons (Fsp3) is 0.562. The normalized spacial score (nSPS) is 24.8. The van der Waals surface area contributed by atoms with Gasteiger partial charge in [0.2, 0.25) is 10.0 Å². The lowest BCUT2D eigenvalue weighted by Crippen LogP contribution is -2.38. The van der Waals surface area contributed by atoms with E-state index in [4.69, 9.17) is 0 Å². The van der Waals surface area contributed by atoms with Crippen molar-refractivity contribution in [2.75, 3.05) is 35.2 Å². The summed E-state index contributed by atoms with van der Waals surface area (Å²) in [6.07, 6.45) is 1.94. The number of amides is 1. The van der Waals surface area contributed by atoms with Crippen LogP contribution in [0.4, 0.5) is 5.69 Å². The van der Waals surface area contributed by atoms with Gasteiger partial charge in [-0.05, 0) is 43.5 Å². The Kier molecular flexibility index (Phi) is 4.80. The zero-order valence-corrected chi connectivity index (χ0v) is 15.7. The molecule has 3 rings (SSSR count). The molecule has 25 heavy (non-hydrogen) atoms. The standard InChI is InChI=1S/C16H22N2O5S2/c1-17(15-8-11-24(20,21)12-15)16(19)13-4-6-14(7-5-13)18-9-2-3-10-25(18,22)23/h4-7,15H,2-3,8-12H2,1H3. The molecule has 1 aromatic carbocycles. The maximum Gasteiger partial charge on any atom is 0.253 e. The van der Waals surface area contributed by atoms with Crippen LogP contribution in [-0.2, 0) is 19.9 Å². The van der Waals surface area contributed by atoms with Gasteiger partial charge in [0.1, 0.15) is 0 Å². The number of sulfonamides is 1. The van der Waals surface area contributed by atoms with E-state index < -0.39 is 19.9 Å². The summed E-state index contributed by atoms with van der Waals surface area (Å²) in [5.41, 5.74) is 0.979. The molecule has 1 unspecified atom stereocenters. The molecule has 1 atom stereocenters.